The lowest BCUT2D eigenvalue weighted by atomic mass is 9.59. The zero-order valence-corrected chi connectivity index (χ0v) is 69.5. The number of nitrogens with zero attached hydrogens (tertiary/aromatic N) is 4. The molecular formula is C108H108N4. The van der Waals surface area contributed by atoms with E-state index in [1.54, 1.807) is 0 Å². The van der Waals surface area contributed by atoms with Gasteiger partial charge < -0.3 is 19.6 Å². The Morgan fingerprint density at radius 3 is 0.652 bits per heavy atom. The maximum Gasteiger partial charge on any atom is 0.0526 e. The molecule has 0 N–H and O–H groups in total. The average Bonchev–Trinajstić information content (AvgIpc) is 1.56. The Kier molecular flexibility index (Phi) is 17.2. The first-order chi connectivity index (χ1) is 53.3. The van der Waals surface area contributed by atoms with Crippen LogP contribution in [-0.2, 0) is 43.3 Å². The van der Waals surface area contributed by atoms with E-state index in [4.69, 9.17) is 0 Å². The number of rotatable bonds is 0. The van der Waals surface area contributed by atoms with Crippen LogP contribution < -0.4 is 19.6 Å². The molecule has 4 heterocycles. The maximum absolute atomic E-state index is 2.45. The molecule has 0 bridgehead atoms. The highest BCUT2D eigenvalue weighted by Crippen LogP contribution is 2.61. The fourth-order valence-electron chi connectivity index (χ4n) is 20.0. The zero-order valence-electron chi connectivity index (χ0n) is 69.5. The lowest BCUT2D eigenvalue weighted by molar-refractivity contribution is 0.307. The molecule has 4 nitrogen and oxygen atoms in total. The van der Waals surface area contributed by atoms with Crippen LogP contribution in [0, 0.1) is 0 Å². The van der Waals surface area contributed by atoms with Gasteiger partial charge in [-0.05, 0) is 175 Å². The van der Waals surface area contributed by atoms with E-state index in [0.29, 0.717) is 0 Å². The van der Waals surface area contributed by atoms with Gasteiger partial charge in [-0.2, -0.15) is 0 Å². The third-order valence-corrected chi connectivity index (χ3v) is 29.4. The van der Waals surface area contributed by atoms with Crippen molar-refractivity contribution in [3.8, 4) is 0 Å². The van der Waals surface area contributed by atoms with Crippen LogP contribution in [0.15, 0.2) is 291 Å². The molecule has 0 saturated carbocycles. The normalized spacial score (nSPS) is 17.2. The molecule has 16 aromatic carbocycles. The first-order valence-electron chi connectivity index (χ1n) is 40.5. The van der Waals surface area contributed by atoms with Crippen molar-refractivity contribution < 1.29 is 0 Å². The van der Waals surface area contributed by atoms with Gasteiger partial charge in [0.1, 0.15) is 0 Å². The van der Waals surface area contributed by atoms with Crippen molar-refractivity contribution in [3.05, 3.63) is 336 Å². The van der Waals surface area contributed by atoms with E-state index < -0.39 is 0 Å². The number of fused-ring (bicyclic) bond motifs is 21. The number of hydrogen-bond donors (Lipinski definition) is 0. The van der Waals surface area contributed by atoms with E-state index in [-0.39, 0.29) is 43.3 Å². The molecule has 0 radical (unpaired) electrons. The van der Waals surface area contributed by atoms with Crippen LogP contribution in [0.5, 0.6) is 0 Å². The molecule has 4 aliphatic rings. The standard InChI is InChI=1S/4C27H27N/c1-26(2)22-14-18-10-6-8-12-20(18)16-24(22)28(5)25-17-21-13-9-7-11-19(21)15-23(25)27(26,3)4;1-26(2)24-20-12-8-6-10-18(20)14-16-22(24)28(5)23-17-15-19-11-7-9-13-21(19)25(23)27(26,3)4;1-26(2)22-16-14-18-10-6-8-12-20(18)24(22)28(5)25-21-13-9-7-11-19(21)15-17-23(25)27(26,3)4;1-26(2)22-16-19-11-6-7-12-20(19)17-24(22)28(5)23-15-14-18-10-8-9-13-21(18)25(23)27(26,3)4/h4*6-17H,1-5H3. The minimum absolute atomic E-state index is 0.0195. The van der Waals surface area contributed by atoms with Gasteiger partial charge in [-0.3, -0.25) is 0 Å². The summed E-state index contributed by atoms with van der Waals surface area (Å²) in [7, 11) is 8.91. The summed E-state index contributed by atoms with van der Waals surface area (Å²) in [5.41, 5.74) is 21.7. The fraction of sp³-hybridized carbons (Fsp3) is 0.259. The minimum atomic E-state index is -0.0488. The summed E-state index contributed by atoms with van der Waals surface area (Å²) < 4.78 is 0. The topological polar surface area (TPSA) is 13.0 Å². The quantitative estimate of drug-likeness (QED) is 0.150. The van der Waals surface area contributed by atoms with E-state index >= 15 is 0 Å². The number of hydrogen-bond acceptors (Lipinski definition) is 4. The second-order valence-electron chi connectivity index (χ2n) is 36.8. The summed E-state index contributed by atoms with van der Waals surface area (Å²) in [6.07, 6.45) is 0. The second-order valence-corrected chi connectivity index (χ2v) is 36.8. The smallest absolute Gasteiger partial charge is 0.0526 e. The Morgan fingerprint density at radius 2 is 0.357 bits per heavy atom. The highest BCUT2D eigenvalue weighted by Gasteiger charge is 2.51. The summed E-state index contributed by atoms with van der Waals surface area (Å²) in [5.74, 6) is 0. The van der Waals surface area contributed by atoms with Crippen LogP contribution in [0.25, 0.3) is 86.2 Å². The Balaban J connectivity index is 0.000000108. The van der Waals surface area contributed by atoms with E-state index in [1.807, 2.05) is 0 Å². The molecule has 16 aromatic rings. The third kappa shape index (κ3) is 10.9. The van der Waals surface area contributed by atoms with E-state index in [0.717, 1.165) is 0 Å². The van der Waals surface area contributed by atoms with E-state index in [1.165, 1.54) is 176 Å². The lowest BCUT2D eigenvalue weighted by Gasteiger charge is -2.43. The van der Waals surface area contributed by atoms with Gasteiger partial charge in [0, 0.05) is 116 Å². The average molecular weight is 1460 g/mol. The molecular weight excluding hydrogens is 1350 g/mol. The van der Waals surface area contributed by atoms with Crippen LogP contribution in [0.3, 0.4) is 0 Å². The van der Waals surface area contributed by atoms with Crippen molar-refractivity contribution in [2.24, 2.45) is 0 Å². The minimum Gasteiger partial charge on any atom is -0.344 e. The van der Waals surface area contributed by atoms with Gasteiger partial charge in [0.15, 0.2) is 0 Å². The molecule has 0 amide bonds. The number of benzene rings is 16. The Morgan fingerprint density at radius 1 is 0.161 bits per heavy atom. The van der Waals surface area contributed by atoms with Crippen molar-refractivity contribution >= 4 is 132 Å². The van der Waals surface area contributed by atoms with Crippen LogP contribution in [0.2, 0.25) is 0 Å². The Hall–Kier alpha value is -11.2. The van der Waals surface area contributed by atoms with Gasteiger partial charge in [-0.15, -0.1) is 0 Å². The molecule has 4 heteroatoms. The SMILES string of the molecule is CN1c2c(ccc3ccccc23)C(C)(C)C(C)(C)c2ccc3ccccc3c21.CN1c2cc3ccccc3cc2C(C)(C)C(C)(C)c2c1ccc1ccccc21.CN1c2cc3ccccc3cc2C(C)(C)C(C)(C)c2cc3ccccc3cc21.CN1c2ccc3ccccc3c2C(C)(C)C(C)(C)c2c1ccc1ccccc21. The molecule has 20 rings (SSSR count). The van der Waals surface area contributed by atoms with Gasteiger partial charge in [0.25, 0.3) is 0 Å². The molecule has 0 unspecified atom stereocenters. The fourth-order valence-corrected chi connectivity index (χ4v) is 20.0. The summed E-state index contributed by atoms with van der Waals surface area (Å²) >= 11 is 0. The molecule has 0 spiro atoms. The summed E-state index contributed by atoms with van der Waals surface area (Å²) in [6, 6.07) is 107. The first kappa shape index (κ1) is 73.6. The molecule has 560 valence electrons. The van der Waals surface area contributed by atoms with E-state index in [2.05, 4.69) is 450 Å². The second kappa shape index (κ2) is 26.2. The van der Waals surface area contributed by atoms with Gasteiger partial charge in [-0.1, -0.05) is 347 Å². The van der Waals surface area contributed by atoms with Gasteiger partial charge >= 0.3 is 0 Å². The summed E-state index contributed by atoms with van der Waals surface area (Å²) in [6.45, 7) is 38.5. The molecule has 4 aliphatic heterocycles. The van der Waals surface area contributed by atoms with Crippen molar-refractivity contribution in [2.45, 2.75) is 154 Å². The predicted octanol–water partition coefficient (Wildman–Crippen LogP) is 29.3. The Bertz CT molecular complexity index is 6110. The van der Waals surface area contributed by atoms with Gasteiger partial charge in [0.2, 0.25) is 0 Å². The third-order valence-electron chi connectivity index (χ3n) is 29.4. The molecule has 0 saturated heterocycles. The monoisotopic (exact) mass is 1460 g/mol. The highest BCUT2D eigenvalue weighted by atomic mass is 15.1. The highest BCUT2D eigenvalue weighted by molar-refractivity contribution is 6.06. The molecule has 112 heavy (non-hydrogen) atoms. The number of anilines is 8. The van der Waals surface area contributed by atoms with Crippen molar-refractivity contribution in [1.29, 1.82) is 0 Å². The van der Waals surface area contributed by atoms with Gasteiger partial charge in [-0.25, -0.2) is 0 Å². The summed E-state index contributed by atoms with van der Waals surface area (Å²) in [5, 5.41) is 21.1. The zero-order chi connectivity index (χ0) is 78.7. The predicted molar refractivity (Wildman–Crippen MR) is 488 cm³/mol. The molecule has 0 aliphatic carbocycles. The van der Waals surface area contributed by atoms with Crippen LogP contribution >= 0.6 is 0 Å². The van der Waals surface area contributed by atoms with Crippen LogP contribution in [0.1, 0.15) is 155 Å². The molecule has 0 fully saturated rings. The van der Waals surface area contributed by atoms with E-state index in [9.17, 15) is 0 Å². The summed E-state index contributed by atoms with van der Waals surface area (Å²) in [4.78, 5) is 9.66. The maximum atomic E-state index is 2.45. The van der Waals surface area contributed by atoms with Gasteiger partial charge in [0.05, 0.1) is 11.4 Å². The first-order valence-corrected chi connectivity index (χ1v) is 40.5. The van der Waals surface area contributed by atoms with Crippen molar-refractivity contribution in [3.63, 3.8) is 0 Å². The van der Waals surface area contributed by atoms with Crippen LogP contribution in [0.4, 0.5) is 45.5 Å². The Labute approximate surface area is 665 Å². The molecule has 0 aromatic heterocycles. The van der Waals surface area contributed by atoms with Crippen molar-refractivity contribution in [1.82, 2.24) is 0 Å². The van der Waals surface area contributed by atoms with Crippen LogP contribution in [-0.4, -0.2) is 28.2 Å². The molecule has 0 atom stereocenters. The van der Waals surface area contributed by atoms with Crippen molar-refractivity contribution in [2.75, 3.05) is 47.8 Å². The largest absolute Gasteiger partial charge is 0.344 e. The lowest BCUT2D eigenvalue weighted by Crippen LogP contribution is -2.40.